The Bertz CT molecular complexity index is 517. The highest BCUT2D eigenvalue weighted by molar-refractivity contribution is 5.86. The average molecular weight is 293 g/mol. The van der Waals surface area contributed by atoms with Gasteiger partial charge in [-0.3, -0.25) is 4.79 Å². The van der Waals surface area contributed by atoms with Gasteiger partial charge >= 0.3 is 5.97 Å². The fourth-order valence-corrected chi connectivity index (χ4v) is 2.30. The van der Waals surface area contributed by atoms with E-state index in [0.717, 1.165) is 12.8 Å². The van der Waals surface area contributed by atoms with Crippen LogP contribution < -0.4 is 14.8 Å². The Morgan fingerprint density at radius 1 is 1.29 bits per heavy atom. The summed E-state index contributed by atoms with van der Waals surface area (Å²) >= 11 is 0. The summed E-state index contributed by atoms with van der Waals surface area (Å²) in [7, 11) is 3.03. The molecule has 0 aliphatic heterocycles. The number of benzene rings is 1. The van der Waals surface area contributed by atoms with Crippen molar-refractivity contribution in [1.29, 1.82) is 0 Å². The van der Waals surface area contributed by atoms with Gasteiger partial charge < -0.3 is 19.9 Å². The SMILES string of the molecule is COc1cccc(OC)c1CC(=O)NC(C(=O)O)C1CC1. The van der Waals surface area contributed by atoms with Crippen molar-refractivity contribution in [2.45, 2.75) is 25.3 Å². The lowest BCUT2D eigenvalue weighted by Gasteiger charge is -2.16. The third-order valence-corrected chi connectivity index (χ3v) is 3.54. The summed E-state index contributed by atoms with van der Waals surface area (Å²) in [5.74, 6) is -0.202. The van der Waals surface area contributed by atoms with Gasteiger partial charge in [-0.2, -0.15) is 0 Å². The van der Waals surface area contributed by atoms with Gasteiger partial charge in [0.2, 0.25) is 5.91 Å². The summed E-state index contributed by atoms with van der Waals surface area (Å²) in [4.78, 5) is 23.3. The minimum absolute atomic E-state index is 0.0175. The molecular formula is C15H19NO5. The van der Waals surface area contributed by atoms with Gasteiger partial charge in [0.15, 0.2) is 0 Å². The van der Waals surface area contributed by atoms with Crippen LogP contribution in [-0.2, 0) is 16.0 Å². The van der Waals surface area contributed by atoms with E-state index in [9.17, 15) is 9.59 Å². The molecular weight excluding hydrogens is 274 g/mol. The molecule has 1 aliphatic carbocycles. The van der Waals surface area contributed by atoms with Gasteiger partial charge in [-0.05, 0) is 30.9 Å². The predicted octanol–water partition coefficient (Wildman–Crippen LogP) is 1.23. The molecule has 0 aromatic heterocycles. The Labute approximate surface area is 123 Å². The van der Waals surface area contributed by atoms with Crippen LogP contribution in [0.5, 0.6) is 11.5 Å². The molecule has 114 valence electrons. The molecule has 0 heterocycles. The largest absolute Gasteiger partial charge is 0.496 e. The standard InChI is InChI=1S/C15H19NO5/c1-20-11-4-3-5-12(21-2)10(11)8-13(17)16-14(15(18)19)9-6-7-9/h3-5,9,14H,6-8H2,1-2H3,(H,16,17)(H,18,19). The van der Waals surface area contributed by atoms with Gasteiger partial charge in [0, 0.05) is 5.56 Å². The Balaban J connectivity index is 2.10. The molecule has 0 saturated heterocycles. The van der Waals surface area contributed by atoms with Crippen molar-refractivity contribution in [3.05, 3.63) is 23.8 Å². The first kappa shape index (κ1) is 15.2. The highest BCUT2D eigenvalue weighted by Gasteiger charge is 2.37. The first-order valence-electron chi connectivity index (χ1n) is 6.78. The van der Waals surface area contributed by atoms with Crippen LogP contribution in [0.25, 0.3) is 0 Å². The van der Waals surface area contributed by atoms with Crippen LogP contribution in [0.2, 0.25) is 0 Å². The first-order chi connectivity index (χ1) is 10.1. The summed E-state index contributed by atoms with van der Waals surface area (Å²) in [5.41, 5.74) is 0.611. The quantitative estimate of drug-likeness (QED) is 0.789. The number of rotatable bonds is 7. The number of ether oxygens (including phenoxy) is 2. The molecule has 0 radical (unpaired) electrons. The zero-order chi connectivity index (χ0) is 15.4. The average Bonchev–Trinajstić information content (AvgIpc) is 3.29. The summed E-state index contributed by atoms with van der Waals surface area (Å²) in [6, 6.07) is 4.43. The Morgan fingerprint density at radius 3 is 2.29 bits per heavy atom. The number of carbonyl (C=O) groups excluding carboxylic acids is 1. The predicted molar refractivity (Wildman–Crippen MR) is 75.5 cm³/mol. The number of carbonyl (C=O) groups is 2. The Morgan fingerprint density at radius 2 is 1.86 bits per heavy atom. The van der Waals surface area contributed by atoms with Crippen LogP contribution in [-0.4, -0.2) is 37.2 Å². The van der Waals surface area contributed by atoms with Crippen LogP contribution in [0.3, 0.4) is 0 Å². The van der Waals surface area contributed by atoms with Crippen molar-refractivity contribution < 1.29 is 24.2 Å². The minimum Gasteiger partial charge on any atom is -0.496 e. The van der Waals surface area contributed by atoms with E-state index in [1.165, 1.54) is 14.2 Å². The number of hydrogen-bond acceptors (Lipinski definition) is 4. The molecule has 21 heavy (non-hydrogen) atoms. The molecule has 1 unspecified atom stereocenters. The van der Waals surface area contributed by atoms with Crippen LogP contribution in [0, 0.1) is 5.92 Å². The van der Waals surface area contributed by atoms with E-state index in [1.807, 2.05) is 0 Å². The molecule has 0 spiro atoms. The van der Waals surface area contributed by atoms with E-state index < -0.39 is 12.0 Å². The van der Waals surface area contributed by atoms with Crippen LogP contribution >= 0.6 is 0 Å². The van der Waals surface area contributed by atoms with E-state index in [-0.39, 0.29) is 18.2 Å². The molecule has 1 aromatic carbocycles. The highest BCUT2D eigenvalue weighted by atomic mass is 16.5. The molecule has 1 saturated carbocycles. The van der Waals surface area contributed by atoms with Crippen molar-refractivity contribution in [2.75, 3.05) is 14.2 Å². The number of carboxylic acids is 1. The number of nitrogens with one attached hydrogen (secondary N) is 1. The molecule has 6 nitrogen and oxygen atoms in total. The minimum atomic E-state index is -0.988. The van der Waals surface area contributed by atoms with Gasteiger partial charge in [-0.15, -0.1) is 0 Å². The van der Waals surface area contributed by atoms with Crippen molar-refractivity contribution >= 4 is 11.9 Å². The smallest absolute Gasteiger partial charge is 0.326 e. The molecule has 6 heteroatoms. The number of hydrogen-bond donors (Lipinski definition) is 2. The van der Waals surface area contributed by atoms with E-state index in [1.54, 1.807) is 18.2 Å². The molecule has 1 amide bonds. The highest BCUT2D eigenvalue weighted by Crippen LogP contribution is 2.33. The summed E-state index contributed by atoms with van der Waals surface area (Å²) in [6.45, 7) is 0. The normalized spacial score (nSPS) is 15.1. The zero-order valence-corrected chi connectivity index (χ0v) is 12.1. The zero-order valence-electron chi connectivity index (χ0n) is 12.1. The van der Waals surface area contributed by atoms with Gasteiger partial charge in [0.25, 0.3) is 0 Å². The van der Waals surface area contributed by atoms with Crippen LogP contribution in [0.1, 0.15) is 18.4 Å². The molecule has 0 bridgehead atoms. The van der Waals surface area contributed by atoms with E-state index in [2.05, 4.69) is 5.32 Å². The number of methoxy groups -OCH3 is 2. The van der Waals surface area contributed by atoms with Crippen molar-refractivity contribution in [2.24, 2.45) is 5.92 Å². The number of aliphatic carboxylic acids is 1. The summed E-state index contributed by atoms with van der Waals surface area (Å²) in [5, 5.41) is 11.7. The fraction of sp³-hybridized carbons (Fsp3) is 0.467. The fourth-order valence-electron chi connectivity index (χ4n) is 2.30. The topological polar surface area (TPSA) is 84.9 Å². The van der Waals surface area contributed by atoms with Crippen molar-refractivity contribution in [3.63, 3.8) is 0 Å². The van der Waals surface area contributed by atoms with Gasteiger partial charge in [-0.1, -0.05) is 6.07 Å². The summed E-state index contributed by atoms with van der Waals surface area (Å²) in [6.07, 6.45) is 1.70. The molecule has 2 rings (SSSR count). The Hall–Kier alpha value is -2.24. The van der Waals surface area contributed by atoms with Crippen molar-refractivity contribution in [3.8, 4) is 11.5 Å². The maximum Gasteiger partial charge on any atom is 0.326 e. The lowest BCUT2D eigenvalue weighted by atomic mass is 10.1. The third-order valence-electron chi connectivity index (χ3n) is 3.54. The third kappa shape index (κ3) is 3.65. The molecule has 1 aliphatic rings. The summed E-state index contributed by atoms with van der Waals surface area (Å²) < 4.78 is 10.4. The maximum absolute atomic E-state index is 12.1. The second-order valence-corrected chi connectivity index (χ2v) is 5.04. The van der Waals surface area contributed by atoms with Gasteiger partial charge in [0.05, 0.1) is 20.6 Å². The van der Waals surface area contributed by atoms with Gasteiger partial charge in [0.1, 0.15) is 17.5 Å². The van der Waals surface area contributed by atoms with Crippen LogP contribution in [0.4, 0.5) is 0 Å². The Kier molecular flexibility index (Phi) is 4.67. The lowest BCUT2D eigenvalue weighted by molar-refractivity contribution is -0.142. The first-order valence-corrected chi connectivity index (χ1v) is 6.78. The monoisotopic (exact) mass is 293 g/mol. The lowest BCUT2D eigenvalue weighted by Crippen LogP contribution is -2.43. The second-order valence-electron chi connectivity index (χ2n) is 5.04. The number of carboxylic acid groups (broad SMARTS) is 1. The van der Waals surface area contributed by atoms with Crippen LogP contribution in [0.15, 0.2) is 18.2 Å². The molecule has 1 atom stereocenters. The van der Waals surface area contributed by atoms with Crippen molar-refractivity contribution in [1.82, 2.24) is 5.32 Å². The second kappa shape index (κ2) is 6.47. The number of amides is 1. The molecule has 1 aromatic rings. The van der Waals surface area contributed by atoms with E-state index in [4.69, 9.17) is 14.6 Å². The van der Waals surface area contributed by atoms with E-state index in [0.29, 0.717) is 17.1 Å². The van der Waals surface area contributed by atoms with E-state index >= 15 is 0 Å². The van der Waals surface area contributed by atoms with Gasteiger partial charge in [-0.25, -0.2) is 4.79 Å². The molecule has 2 N–H and O–H groups in total. The maximum atomic E-state index is 12.1. The molecule has 1 fully saturated rings.